The molecular weight excluding hydrogens is 414 g/mol. The Labute approximate surface area is 176 Å². The molecule has 0 saturated carbocycles. The number of likely N-dealkylation sites (N-methyl/N-ethyl adjacent to an activating group) is 1. The smallest absolute Gasteiger partial charge is 0.254 e. The molecule has 9 heteroatoms. The lowest BCUT2D eigenvalue weighted by molar-refractivity contribution is -0.116. The molecule has 1 N–H and O–H groups in total. The highest BCUT2D eigenvalue weighted by Crippen LogP contribution is 2.24. The first-order chi connectivity index (χ1) is 13.4. The number of rotatable bonds is 6. The van der Waals surface area contributed by atoms with Gasteiger partial charge in [0.15, 0.2) is 0 Å². The van der Waals surface area contributed by atoms with Gasteiger partial charge >= 0.3 is 0 Å². The summed E-state index contributed by atoms with van der Waals surface area (Å²) in [5.74, 6) is -0.849. The molecule has 0 spiro atoms. The summed E-state index contributed by atoms with van der Waals surface area (Å²) in [4.78, 5) is 26.4. The first-order valence-corrected chi connectivity index (χ1v) is 10.6. The van der Waals surface area contributed by atoms with E-state index in [1.165, 1.54) is 32.1 Å². The molecular formula is C20H24ClN3O4S. The maximum Gasteiger partial charge on any atom is 0.254 e. The van der Waals surface area contributed by atoms with Crippen molar-refractivity contribution in [1.82, 2.24) is 9.21 Å². The fourth-order valence-electron chi connectivity index (χ4n) is 2.69. The molecule has 0 aliphatic heterocycles. The van der Waals surface area contributed by atoms with Gasteiger partial charge in [0.25, 0.3) is 5.91 Å². The predicted octanol–water partition coefficient (Wildman–Crippen LogP) is 2.92. The Balaban J connectivity index is 2.23. The average molecular weight is 438 g/mol. The summed E-state index contributed by atoms with van der Waals surface area (Å²) < 4.78 is 26.3. The summed E-state index contributed by atoms with van der Waals surface area (Å²) in [6, 6.07) is 9.65. The molecule has 0 aliphatic rings. The van der Waals surface area contributed by atoms with Crippen LogP contribution >= 0.6 is 11.6 Å². The van der Waals surface area contributed by atoms with E-state index < -0.39 is 21.8 Å². The number of amides is 2. The van der Waals surface area contributed by atoms with E-state index in [1.807, 2.05) is 0 Å². The summed E-state index contributed by atoms with van der Waals surface area (Å²) in [7, 11) is 0.643. The first-order valence-electron chi connectivity index (χ1n) is 8.78. The Morgan fingerprint density at radius 2 is 1.72 bits per heavy atom. The van der Waals surface area contributed by atoms with Gasteiger partial charge in [-0.3, -0.25) is 9.59 Å². The number of anilines is 1. The Hall–Kier alpha value is -2.42. The Morgan fingerprint density at radius 1 is 1.07 bits per heavy atom. The molecule has 2 rings (SSSR count). The number of carbonyl (C=O) groups excluding carboxylic acids is 2. The van der Waals surface area contributed by atoms with Crippen LogP contribution in [0.5, 0.6) is 0 Å². The molecule has 0 aliphatic carbocycles. The van der Waals surface area contributed by atoms with Crippen molar-refractivity contribution >= 4 is 39.1 Å². The molecule has 7 nitrogen and oxygen atoms in total. The maximum absolute atomic E-state index is 12.8. The number of halogens is 1. The van der Waals surface area contributed by atoms with Gasteiger partial charge in [-0.1, -0.05) is 17.7 Å². The summed E-state index contributed by atoms with van der Waals surface area (Å²) in [5.41, 5.74) is 1.98. The van der Waals surface area contributed by atoms with E-state index >= 15 is 0 Å². The van der Waals surface area contributed by atoms with Crippen LogP contribution in [0.25, 0.3) is 0 Å². The van der Waals surface area contributed by atoms with Crippen molar-refractivity contribution in [2.24, 2.45) is 0 Å². The van der Waals surface area contributed by atoms with Crippen molar-refractivity contribution in [2.75, 3.05) is 33.0 Å². The lowest BCUT2D eigenvalue weighted by Crippen LogP contribution is -2.35. The number of nitrogens with one attached hydrogen (secondary N) is 1. The monoisotopic (exact) mass is 437 g/mol. The van der Waals surface area contributed by atoms with Crippen LogP contribution in [0.4, 0.5) is 5.69 Å². The van der Waals surface area contributed by atoms with Crippen molar-refractivity contribution in [2.45, 2.75) is 18.7 Å². The standard InChI is InChI=1S/C20H24ClN3O4S/c1-13-9-15(10-18(14(13)2)29(27,28)23(3)4)20(26)24(5)12-19(25)22-17-8-6-7-16(21)11-17/h6-11H,12H2,1-5H3,(H,22,25). The van der Waals surface area contributed by atoms with Gasteiger partial charge < -0.3 is 10.2 Å². The highest BCUT2D eigenvalue weighted by atomic mass is 35.5. The zero-order valence-electron chi connectivity index (χ0n) is 17.0. The predicted molar refractivity (Wildman–Crippen MR) is 114 cm³/mol. The molecule has 2 aromatic rings. The Kier molecular flexibility index (Phi) is 7.05. The second-order valence-corrected chi connectivity index (χ2v) is 9.48. The molecule has 156 valence electrons. The number of aryl methyl sites for hydroxylation is 1. The first kappa shape index (κ1) is 22.9. The normalized spacial score (nSPS) is 11.4. The summed E-state index contributed by atoms with van der Waals surface area (Å²) in [6.45, 7) is 3.24. The second kappa shape index (κ2) is 8.94. The molecule has 29 heavy (non-hydrogen) atoms. The van der Waals surface area contributed by atoms with E-state index in [0.29, 0.717) is 21.8 Å². The van der Waals surface area contributed by atoms with Crippen LogP contribution in [-0.2, 0) is 14.8 Å². The average Bonchev–Trinajstić information content (AvgIpc) is 2.62. The molecule has 2 aromatic carbocycles. The van der Waals surface area contributed by atoms with E-state index in [2.05, 4.69) is 5.32 Å². The zero-order valence-corrected chi connectivity index (χ0v) is 18.6. The van der Waals surface area contributed by atoms with Crippen LogP contribution in [0.3, 0.4) is 0 Å². The van der Waals surface area contributed by atoms with Gasteiger partial charge in [-0.05, 0) is 55.3 Å². The topological polar surface area (TPSA) is 86.8 Å². The highest BCUT2D eigenvalue weighted by Gasteiger charge is 2.24. The molecule has 0 aromatic heterocycles. The lowest BCUT2D eigenvalue weighted by atomic mass is 10.1. The van der Waals surface area contributed by atoms with Crippen molar-refractivity contribution < 1.29 is 18.0 Å². The third kappa shape index (κ3) is 5.35. The van der Waals surface area contributed by atoms with Crippen LogP contribution in [0.2, 0.25) is 5.02 Å². The minimum atomic E-state index is -3.71. The summed E-state index contributed by atoms with van der Waals surface area (Å²) in [6.07, 6.45) is 0. The van der Waals surface area contributed by atoms with Crippen LogP contribution in [0.15, 0.2) is 41.3 Å². The summed E-state index contributed by atoms with van der Waals surface area (Å²) >= 11 is 5.90. The van der Waals surface area contributed by atoms with Crippen LogP contribution < -0.4 is 5.32 Å². The number of hydrogen-bond acceptors (Lipinski definition) is 4. The zero-order chi connectivity index (χ0) is 21.9. The van der Waals surface area contributed by atoms with Gasteiger partial charge in [-0.15, -0.1) is 0 Å². The van der Waals surface area contributed by atoms with Crippen molar-refractivity contribution in [3.05, 3.63) is 58.1 Å². The van der Waals surface area contributed by atoms with Gasteiger partial charge in [0.2, 0.25) is 15.9 Å². The molecule has 0 atom stereocenters. The fourth-order valence-corrected chi connectivity index (χ4v) is 4.10. The molecule has 0 fully saturated rings. The number of benzene rings is 2. The van der Waals surface area contributed by atoms with E-state index in [9.17, 15) is 18.0 Å². The van der Waals surface area contributed by atoms with Gasteiger partial charge in [-0.2, -0.15) is 0 Å². The molecule has 0 radical (unpaired) electrons. The Morgan fingerprint density at radius 3 is 2.31 bits per heavy atom. The minimum absolute atomic E-state index is 0.0719. The van der Waals surface area contributed by atoms with E-state index in [1.54, 1.807) is 44.2 Å². The fraction of sp³-hybridized carbons (Fsp3) is 0.300. The van der Waals surface area contributed by atoms with Crippen molar-refractivity contribution in [3.63, 3.8) is 0 Å². The number of hydrogen-bond donors (Lipinski definition) is 1. The minimum Gasteiger partial charge on any atom is -0.332 e. The van der Waals surface area contributed by atoms with Crippen LogP contribution in [0.1, 0.15) is 21.5 Å². The van der Waals surface area contributed by atoms with Crippen molar-refractivity contribution in [1.29, 1.82) is 0 Å². The maximum atomic E-state index is 12.8. The van der Waals surface area contributed by atoms with Gasteiger partial charge in [-0.25, -0.2) is 12.7 Å². The highest BCUT2D eigenvalue weighted by molar-refractivity contribution is 7.89. The second-order valence-electron chi connectivity index (χ2n) is 6.92. The molecule has 2 amide bonds. The number of sulfonamides is 1. The van der Waals surface area contributed by atoms with E-state index in [-0.39, 0.29) is 17.0 Å². The van der Waals surface area contributed by atoms with Gasteiger partial charge in [0, 0.05) is 37.4 Å². The SMILES string of the molecule is Cc1cc(C(=O)N(C)CC(=O)Nc2cccc(Cl)c2)cc(S(=O)(=O)N(C)C)c1C. The van der Waals surface area contributed by atoms with E-state index in [0.717, 1.165) is 4.31 Å². The molecule has 0 heterocycles. The third-order valence-electron chi connectivity index (χ3n) is 4.46. The van der Waals surface area contributed by atoms with E-state index in [4.69, 9.17) is 11.6 Å². The van der Waals surface area contributed by atoms with Crippen LogP contribution in [-0.4, -0.2) is 57.1 Å². The molecule has 0 unspecified atom stereocenters. The summed E-state index contributed by atoms with van der Waals surface area (Å²) in [5, 5.41) is 3.15. The van der Waals surface area contributed by atoms with Crippen molar-refractivity contribution in [3.8, 4) is 0 Å². The molecule has 0 bridgehead atoms. The number of nitrogens with zero attached hydrogens (tertiary/aromatic N) is 2. The van der Waals surface area contributed by atoms with Gasteiger partial charge in [0.05, 0.1) is 11.4 Å². The quantitative estimate of drug-likeness (QED) is 0.752. The number of carbonyl (C=O) groups is 2. The molecule has 0 saturated heterocycles. The Bertz CT molecular complexity index is 1050. The lowest BCUT2D eigenvalue weighted by Gasteiger charge is -2.20. The van der Waals surface area contributed by atoms with Gasteiger partial charge in [0.1, 0.15) is 0 Å². The van der Waals surface area contributed by atoms with Crippen LogP contribution in [0, 0.1) is 13.8 Å². The largest absolute Gasteiger partial charge is 0.332 e. The third-order valence-corrected chi connectivity index (χ3v) is 6.64.